The second-order valence-corrected chi connectivity index (χ2v) is 7.88. The minimum Gasteiger partial charge on any atom is -0.481 e. The summed E-state index contributed by atoms with van der Waals surface area (Å²) in [6.45, 7) is 3.17. The molecule has 2 aromatic rings. The van der Waals surface area contributed by atoms with Gasteiger partial charge in [-0.3, -0.25) is 9.69 Å². The lowest BCUT2D eigenvalue weighted by atomic mass is 9.94. The number of piperazine rings is 1. The third-order valence-electron chi connectivity index (χ3n) is 4.74. The molecule has 3 rings (SSSR count). The molecular formula is C20H24N2O3S. The van der Waals surface area contributed by atoms with Crippen LogP contribution in [0.25, 0.3) is 0 Å². The van der Waals surface area contributed by atoms with Crippen LogP contribution in [0.15, 0.2) is 54.6 Å². The van der Waals surface area contributed by atoms with E-state index in [1.54, 1.807) is 6.26 Å². The first-order valence-electron chi connectivity index (χ1n) is 8.72. The molecular weight excluding hydrogens is 348 g/mol. The maximum absolute atomic E-state index is 11.7. The Morgan fingerprint density at radius 2 is 1.69 bits per heavy atom. The molecule has 0 aromatic heterocycles. The van der Waals surface area contributed by atoms with Crippen LogP contribution in [-0.2, 0) is 22.2 Å². The lowest BCUT2D eigenvalue weighted by Crippen LogP contribution is -2.48. The number of carbonyl (C=O) groups is 1. The molecule has 138 valence electrons. The largest absolute Gasteiger partial charge is 0.481 e. The summed E-state index contributed by atoms with van der Waals surface area (Å²) >= 11 is 0. The van der Waals surface area contributed by atoms with Gasteiger partial charge in [0.2, 0.25) is 0 Å². The smallest absolute Gasteiger partial charge is 0.307 e. The summed E-state index contributed by atoms with van der Waals surface area (Å²) in [4.78, 5) is 13.5. The van der Waals surface area contributed by atoms with Crippen LogP contribution in [-0.4, -0.2) is 56.9 Å². The molecule has 0 bridgehead atoms. The maximum atomic E-state index is 11.7. The molecule has 1 aliphatic rings. The van der Waals surface area contributed by atoms with Gasteiger partial charge in [0.1, 0.15) is 0 Å². The second kappa shape index (κ2) is 8.58. The SMILES string of the molecule is CS(=O)N1CCN(C(c2ccccc2)c2cccc(CC(=O)O)c2)CC1. The highest BCUT2D eigenvalue weighted by atomic mass is 32.2. The highest BCUT2D eigenvalue weighted by Crippen LogP contribution is 2.30. The molecule has 2 aromatic carbocycles. The molecule has 0 aliphatic carbocycles. The first-order chi connectivity index (χ1) is 12.5. The van der Waals surface area contributed by atoms with E-state index in [4.69, 9.17) is 5.11 Å². The Morgan fingerprint density at radius 1 is 1.04 bits per heavy atom. The van der Waals surface area contributed by atoms with Crippen LogP contribution in [0.2, 0.25) is 0 Å². The van der Waals surface area contributed by atoms with Gasteiger partial charge >= 0.3 is 5.97 Å². The van der Waals surface area contributed by atoms with Crippen molar-refractivity contribution in [2.45, 2.75) is 12.5 Å². The molecule has 1 fully saturated rings. The molecule has 1 N–H and O–H groups in total. The zero-order chi connectivity index (χ0) is 18.5. The summed E-state index contributed by atoms with van der Waals surface area (Å²) < 4.78 is 13.7. The van der Waals surface area contributed by atoms with Crippen molar-refractivity contribution in [2.75, 3.05) is 32.4 Å². The van der Waals surface area contributed by atoms with Gasteiger partial charge in [-0.25, -0.2) is 8.51 Å². The minimum atomic E-state index is -0.938. The van der Waals surface area contributed by atoms with Crippen molar-refractivity contribution in [3.63, 3.8) is 0 Å². The standard InChI is InChI=1S/C20H24N2O3S/c1-26(25)22-12-10-21(11-13-22)20(17-7-3-2-4-8-17)18-9-5-6-16(14-18)15-19(23)24/h2-9,14,20H,10-13,15H2,1H3,(H,23,24). The van der Waals surface area contributed by atoms with Crippen LogP contribution in [0.5, 0.6) is 0 Å². The topological polar surface area (TPSA) is 60.9 Å². The van der Waals surface area contributed by atoms with Crippen molar-refractivity contribution in [2.24, 2.45) is 0 Å². The fourth-order valence-electron chi connectivity index (χ4n) is 3.52. The number of nitrogens with zero attached hydrogens (tertiary/aromatic N) is 2. The molecule has 2 atom stereocenters. The zero-order valence-electron chi connectivity index (χ0n) is 14.9. The summed E-state index contributed by atoms with van der Waals surface area (Å²) in [6.07, 6.45) is 1.75. The van der Waals surface area contributed by atoms with E-state index in [-0.39, 0.29) is 12.5 Å². The Kier molecular flexibility index (Phi) is 6.19. The molecule has 6 heteroatoms. The van der Waals surface area contributed by atoms with Crippen LogP contribution < -0.4 is 0 Å². The number of carboxylic acids is 1. The molecule has 26 heavy (non-hydrogen) atoms. The first kappa shape index (κ1) is 18.8. The van der Waals surface area contributed by atoms with Crippen LogP contribution in [0, 0.1) is 0 Å². The molecule has 1 aliphatic heterocycles. The third-order valence-corrected chi connectivity index (χ3v) is 5.83. The van der Waals surface area contributed by atoms with Crippen LogP contribution in [0.3, 0.4) is 0 Å². The zero-order valence-corrected chi connectivity index (χ0v) is 15.7. The van der Waals surface area contributed by atoms with Gasteiger partial charge in [-0.05, 0) is 16.7 Å². The fraction of sp³-hybridized carbons (Fsp3) is 0.350. The summed E-state index contributed by atoms with van der Waals surface area (Å²) in [5, 5.41) is 9.10. The Labute approximate surface area is 156 Å². The lowest BCUT2D eigenvalue weighted by Gasteiger charge is -2.38. The van der Waals surface area contributed by atoms with Crippen molar-refractivity contribution in [3.05, 3.63) is 71.3 Å². The van der Waals surface area contributed by atoms with Crippen LogP contribution in [0.1, 0.15) is 22.7 Å². The van der Waals surface area contributed by atoms with E-state index in [1.807, 2.05) is 40.7 Å². The van der Waals surface area contributed by atoms with E-state index in [0.29, 0.717) is 0 Å². The summed E-state index contributed by atoms with van der Waals surface area (Å²) in [5.74, 6) is -0.822. The normalized spacial score (nSPS) is 18.3. The molecule has 1 heterocycles. The van der Waals surface area contributed by atoms with Crippen molar-refractivity contribution in [3.8, 4) is 0 Å². The first-order valence-corrected chi connectivity index (χ1v) is 10.2. The van der Waals surface area contributed by atoms with Crippen molar-refractivity contribution in [1.82, 2.24) is 9.21 Å². The minimum absolute atomic E-state index is 0.0257. The van der Waals surface area contributed by atoms with Crippen molar-refractivity contribution >= 4 is 17.0 Å². The predicted molar refractivity (Wildman–Crippen MR) is 103 cm³/mol. The van der Waals surface area contributed by atoms with Gasteiger partial charge in [-0.2, -0.15) is 0 Å². The Balaban J connectivity index is 1.90. The summed E-state index contributed by atoms with van der Waals surface area (Å²) in [6, 6.07) is 18.2. The number of aliphatic carboxylic acids is 1. The highest BCUT2D eigenvalue weighted by Gasteiger charge is 2.27. The van der Waals surface area contributed by atoms with Gasteiger partial charge in [0.05, 0.1) is 23.4 Å². The van der Waals surface area contributed by atoms with Gasteiger partial charge in [0.25, 0.3) is 0 Å². The molecule has 0 radical (unpaired) electrons. The third kappa shape index (κ3) is 4.58. The molecule has 0 spiro atoms. The van der Waals surface area contributed by atoms with Gasteiger partial charge in [0.15, 0.2) is 0 Å². The van der Waals surface area contributed by atoms with Crippen LogP contribution >= 0.6 is 0 Å². The van der Waals surface area contributed by atoms with Crippen LogP contribution in [0.4, 0.5) is 0 Å². The Bertz CT molecular complexity index is 774. The van der Waals surface area contributed by atoms with E-state index in [2.05, 4.69) is 23.1 Å². The molecule has 0 amide bonds. The van der Waals surface area contributed by atoms with E-state index >= 15 is 0 Å². The number of benzene rings is 2. The van der Waals surface area contributed by atoms with Gasteiger partial charge in [-0.15, -0.1) is 0 Å². The lowest BCUT2D eigenvalue weighted by molar-refractivity contribution is -0.136. The predicted octanol–water partition coefficient (Wildman–Crippen LogP) is 2.31. The monoisotopic (exact) mass is 372 g/mol. The quantitative estimate of drug-likeness (QED) is 0.845. The van der Waals surface area contributed by atoms with Gasteiger partial charge in [0, 0.05) is 32.4 Å². The van der Waals surface area contributed by atoms with E-state index in [1.165, 1.54) is 5.56 Å². The number of hydrogen-bond donors (Lipinski definition) is 1. The molecule has 5 nitrogen and oxygen atoms in total. The van der Waals surface area contributed by atoms with E-state index < -0.39 is 17.0 Å². The Hall–Kier alpha value is -2.02. The molecule has 2 unspecified atom stereocenters. The number of carboxylic acid groups (broad SMARTS) is 1. The highest BCUT2D eigenvalue weighted by molar-refractivity contribution is 7.81. The summed E-state index contributed by atoms with van der Waals surface area (Å²) in [5.41, 5.74) is 3.09. The molecule has 0 saturated carbocycles. The average molecular weight is 372 g/mol. The van der Waals surface area contributed by atoms with E-state index in [0.717, 1.165) is 37.3 Å². The maximum Gasteiger partial charge on any atom is 0.307 e. The number of hydrogen-bond acceptors (Lipinski definition) is 3. The Morgan fingerprint density at radius 3 is 2.31 bits per heavy atom. The van der Waals surface area contributed by atoms with Crippen molar-refractivity contribution < 1.29 is 14.1 Å². The van der Waals surface area contributed by atoms with Gasteiger partial charge in [-0.1, -0.05) is 54.6 Å². The summed E-state index contributed by atoms with van der Waals surface area (Å²) in [7, 11) is -0.938. The average Bonchev–Trinajstić information content (AvgIpc) is 2.63. The molecule has 1 saturated heterocycles. The van der Waals surface area contributed by atoms with E-state index in [9.17, 15) is 9.00 Å². The fourth-order valence-corrected chi connectivity index (χ4v) is 4.19. The van der Waals surface area contributed by atoms with Gasteiger partial charge < -0.3 is 5.11 Å². The second-order valence-electron chi connectivity index (χ2n) is 6.52. The van der Waals surface area contributed by atoms with Crippen molar-refractivity contribution in [1.29, 1.82) is 0 Å². The number of rotatable bonds is 6.